The molecule has 1 rings (SSSR count). The summed E-state index contributed by atoms with van der Waals surface area (Å²) in [6.07, 6.45) is -12.8. The topological polar surface area (TPSA) is 282 Å². The van der Waals surface area contributed by atoms with Crippen LogP contribution in [-0.2, 0) is 14.2 Å². The molecule has 0 amide bonds. The summed E-state index contributed by atoms with van der Waals surface area (Å²) in [4.78, 5) is 0. The van der Waals surface area contributed by atoms with Gasteiger partial charge in [0.05, 0.1) is 24.9 Å². The van der Waals surface area contributed by atoms with E-state index in [1.54, 1.807) is 6.92 Å². The standard InChI is InChI=1S/C19H36N2O13/c1-7-11(20)15(28)14(27)10(33-7)6-32-18(30)12(21)17(9(25)3-5-23)34-19(31)16(29)13(26)8(24)2-4-22/h7-11,13-15,18,22-31H,2-6,20-21H2,1H3/b17-12-,19-16+/t7-,8-,9-,10?,11?,13?,14-,15?,18+/m1/s1. The maximum absolute atomic E-state index is 10.3. The Hall–Kier alpha value is -1.76. The quantitative estimate of drug-likeness (QED) is 0.0837. The van der Waals surface area contributed by atoms with E-state index in [1.165, 1.54) is 0 Å². The number of aliphatic hydroxyl groups is 10. The number of aliphatic hydroxyl groups excluding tert-OH is 10. The van der Waals surface area contributed by atoms with Crippen LogP contribution >= 0.6 is 0 Å². The molecule has 4 unspecified atom stereocenters. The minimum Gasteiger partial charge on any atom is -0.504 e. The van der Waals surface area contributed by atoms with Crippen LogP contribution in [0.15, 0.2) is 23.2 Å². The zero-order valence-electron chi connectivity index (χ0n) is 18.6. The van der Waals surface area contributed by atoms with Gasteiger partial charge in [0.2, 0.25) is 5.76 Å². The van der Waals surface area contributed by atoms with Gasteiger partial charge in [0.25, 0.3) is 0 Å². The average molecular weight is 500 g/mol. The van der Waals surface area contributed by atoms with Crippen LogP contribution in [0.4, 0.5) is 0 Å². The highest BCUT2D eigenvalue weighted by Gasteiger charge is 2.41. The van der Waals surface area contributed by atoms with Crippen molar-refractivity contribution in [3.05, 3.63) is 23.2 Å². The van der Waals surface area contributed by atoms with E-state index in [0.717, 1.165) is 0 Å². The lowest BCUT2D eigenvalue weighted by Crippen LogP contribution is -2.61. The Bertz CT molecular complexity index is 691. The first kappa shape index (κ1) is 30.3. The molecule has 0 radical (unpaired) electrons. The fourth-order valence-electron chi connectivity index (χ4n) is 3.04. The zero-order chi connectivity index (χ0) is 26.2. The first-order valence-corrected chi connectivity index (χ1v) is 10.5. The van der Waals surface area contributed by atoms with Crippen LogP contribution in [0.3, 0.4) is 0 Å². The number of ether oxygens (including phenoxy) is 3. The lowest BCUT2D eigenvalue weighted by molar-refractivity contribution is -0.205. The van der Waals surface area contributed by atoms with Gasteiger partial charge in [0.15, 0.2) is 12.0 Å². The van der Waals surface area contributed by atoms with Crippen molar-refractivity contribution in [3.8, 4) is 0 Å². The van der Waals surface area contributed by atoms with Crippen molar-refractivity contribution in [3.63, 3.8) is 0 Å². The molecule has 200 valence electrons. The van der Waals surface area contributed by atoms with Crippen molar-refractivity contribution in [2.45, 2.75) is 74.8 Å². The highest BCUT2D eigenvalue weighted by Crippen LogP contribution is 2.23. The second kappa shape index (κ2) is 14.0. The molecule has 14 N–H and O–H groups in total. The Morgan fingerprint density at radius 3 is 2.15 bits per heavy atom. The molecule has 0 spiro atoms. The van der Waals surface area contributed by atoms with Gasteiger partial charge in [-0.05, 0) is 13.3 Å². The monoisotopic (exact) mass is 500 g/mol. The van der Waals surface area contributed by atoms with Crippen LogP contribution in [0.2, 0.25) is 0 Å². The summed E-state index contributed by atoms with van der Waals surface area (Å²) in [6, 6.07) is -0.858. The maximum Gasteiger partial charge on any atom is 0.324 e. The molecule has 0 aromatic carbocycles. The molecule has 0 aliphatic carbocycles. The number of nitrogens with two attached hydrogens (primary N) is 2. The summed E-state index contributed by atoms with van der Waals surface area (Å²) in [7, 11) is 0. The molecule has 0 bridgehead atoms. The fraction of sp³-hybridized carbons (Fsp3) is 0.789. The first-order chi connectivity index (χ1) is 15.9. The van der Waals surface area contributed by atoms with Crippen molar-refractivity contribution >= 4 is 0 Å². The van der Waals surface area contributed by atoms with E-state index in [-0.39, 0.29) is 6.42 Å². The van der Waals surface area contributed by atoms with E-state index in [1.807, 2.05) is 0 Å². The molecule has 0 saturated carbocycles. The minimum absolute atomic E-state index is 0.351. The van der Waals surface area contributed by atoms with Crippen LogP contribution in [0.5, 0.6) is 0 Å². The highest BCUT2D eigenvalue weighted by molar-refractivity contribution is 5.15. The summed E-state index contributed by atoms with van der Waals surface area (Å²) < 4.78 is 15.4. The van der Waals surface area contributed by atoms with Gasteiger partial charge in [-0.25, -0.2) is 0 Å². The molecule has 0 aromatic rings. The molecule has 1 aliphatic rings. The maximum atomic E-state index is 10.3. The molecular weight excluding hydrogens is 464 g/mol. The Morgan fingerprint density at radius 2 is 1.59 bits per heavy atom. The van der Waals surface area contributed by atoms with Crippen LogP contribution in [-0.4, -0.2) is 126 Å². The third-order valence-corrected chi connectivity index (χ3v) is 5.23. The molecule has 1 aliphatic heterocycles. The molecule has 15 heteroatoms. The number of hydrogen-bond donors (Lipinski definition) is 12. The summed E-state index contributed by atoms with van der Waals surface area (Å²) in [5, 5.41) is 97.6. The van der Waals surface area contributed by atoms with Crippen molar-refractivity contribution in [2.75, 3.05) is 19.8 Å². The second-order valence-electron chi connectivity index (χ2n) is 7.79. The third kappa shape index (κ3) is 7.89. The molecule has 34 heavy (non-hydrogen) atoms. The normalized spacial score (nSPS) is 30.6. The van der Waals surface area contributed by atoms with E-state index >= 15 is 0 Å². The van der Waals surface area contributed by atoms with Crippen molar-refractivity contribution in [1.82, 2.24) is 0 Å². The van der Waals surface area contributed by atoms with Gasteiger partial charge in [-0.3, -0.25) is 0 Å². The van der Waals surface area contributed by atoms with Crippen molar-refractivity contribution < 1.29 is 65.3 Å². The molecule has 0 aromatic heterocycles. The van der Waals surface area contributed by atoms with E-state index in [9.17, 15) is 40.9 Å². The third-order valence-electron chi connectivity index (χ3n) is 5.23. The van der Waals surface area contributed by atoms with Gasteiger partial charge >= 0.3 is 5.95 Å². The Kier molecular flexibility index (Phi) is 12.4. The Balaban J connectivity index is 3.04. The first-order valence-electron chi connectivity index (χ1n) is 10.5. The number of hydrogen-bond acceptors (Lipinski definition) is 15. The smallest absolute Gasteiger partial charge is 0.324 e. The Labute approximate surface area is 195 Å². The number of rotatable bonds is 13. The summed E-state index contributed by atoms with van der Waals surface area (Å²) in [5.41, 5.74) is 10.7. The van der Waals surface area contributed by atoms with Gasteiger partial charge in [-0.2, -0.15) is 0 Å². The molecular formula is C19H36N2O13. The lowest BCUT2D eigenvalue weighted by Gasteiger charge is -2.40. The van der Waals surface area contributed by atoms with E-state index in [2.05, 4.69) is 0 Å². The summed E-state index contributed by atoms with van der Waals surface area (Å²) >= 11 is 0. The molecule has 1 heterocycles. The predicted octanol–water partition coefficient (Wildman–Crippen LogP) is -4.52. The van der Waals surface area contributed by atoms with Gasteiger partial charge < -0.3 is 76.7 Å². The van der Waals surface area contributed by atoms with Gasteiger partial charge in [-0.15, -0.1) is 0 Å². The largest absolute Gasteiger partial charge is 0.504 e. The van der Waals surface area contributed by atoms with Crippen LogP contribution < -0.4 is 11.5 Å². The van der Waals surface area contributed by atoms with Gasteiger partial charge in [0, 0.05) is 19.6 Å². The molecule has 9 atom stereocenters. The molecule has 1 fully saturated rings. The van der Waals surface area contributed by atoms with Gasteiger partial charge in [-0.1, -0.05) is 0 Å². The van der Waals surface area contributed by atoms with E-state index in [4.69, 9.17) is 35.9 Å². The SMILES string of the molecule is C[C@H]1OC(CO[C@H](O)/C(N)=C(/O/C(O)=C(/O)C(O)[C@H](O)CCO)[C@H](O)CCO)[C@@H](O)C(O)C1N. The van der Waals surface area contributed by atoms with Crippen LogP contribution in [0.1, 0.15) is 19.8 Å². The Morgan fingerprint density at radius 1 is 1.00 bits per heavy atom. The van der Waals surface area contributed by atoms with Crippen molar-refractivity contribution in [2.24, 2.45) is 11.5 Å². The summed E-state index contributed by atoms with van der Waals surface area (Å²) in [5.74, 6) is -3.44. The van der Waals surface area contributed by atoms with Crippen LogP contribution in [0.25, 0.3) is 0 Å². The predicted molar refractivity (Wildman–Crippen MR) is 112 cm³/mol. The zero-order valence-corrected chi connectivity index (χ0v) is 18.6. The highest BCUT2D eigenvalue weighted by atomic mass is 16.6. The lowest BCUT2D eigenvalue weighted by atomic mass is 9.94. The average Bonchev–Trinajstić information content (AvgIpc) is 2.80. The van der Waals surface area contributed by atoms with E-state index in [0.29, 0.717) is 0 Å². The van der Waals surface area contributed by atoms with Crippen LogP contribution in [0, 0.1) is 0 Å². The van der Waals surface area contributed by atoms with Crippen molar-refractivity contribution in [1.29, 1.82) is 0 Å². The minimum atomic E-state index is -2.07. The second-order valence-corrected chi connectivity index (χ2v) is 7.79. The fourth-order valence-corrected chi connectivity index (χ4v) is 3.04. The molecule has 1 saturated heterocycles. The summed E-state index contributed by atoms with van der Waals surface area (Å²) in [6.45, 7) is -0.0579. The molecule has 15 nitrogen and oxygen atoms in total. The van der Waals surface area contributed by atoms with Gasteiger partial charge in [0.1, 0.15) is 36.2 Å². The van der Waals surface area contributed by atoms with E-state index < -0.39 is 104 Å².